The van der Waals surface area contributed by atoms with Gasteiger partial charge in [0.25, 0.3) is 0 Å². The second-order valence-electron chi connectivity index (χ2n) is 2.88. The van der Waals surface area contributed by atoms with Gasteiger partial charge >= 0.3 is 0 Å². The molecule has 2 fully saturated rings. The monoisotopic (exact) mass is 146 g/mol. The van der Waals surface area contributed by atoms with Crippen LogP contribution in [0.25, 0.3) is 0 Å². The molecule has 2 heteroatoms. The van der Waals surface area contributed by atoms with Crippen LogP contribution in [0.4, 0.5) is 0 Å². The molecular weight excluding hydrogens is 136 g/mol. The maximum atomic E-state index is 2.34. The van der Waals surface area contributed by atoms with Crippen LogP contribution in [0.3, 0.4) is 0 Å². The van der Waals surface area contributed by atoms with Gasteiger partial charge in [-0.1, -0.05) is 28.5 Å². The standard InChI is InChI=1S/C6H10S2/c1-5-4-6(2-3-6)8-7-5/h5H,2-4H2,1H3/t5-/m0/s1. The van der Waals surface area contributed by atoms with E-state index in [2.05, 4.69) is 28.5 Å². The molecule has 1 aliphatic carbocycles. The summed E-state index contributed by atoms with van der Waals surface area (Å²) >= 11 is 0. The minimum absolute atomic E-state index is 0.796. The summed E-state index contributed by atoms with van der Waals surface area (Å²) < 4.78 is 0.796. The Morgan fingerprint density at radius 1 is 1.50 bits per heavy atom. The van der Waals surface area contributed by atoms with Crippen molar-refractivity contribution in [2.75, 3.05) is 0 Å². The summed E-state index contributed by atoms with van der Waals surface area (Å²) in [5, 5.41) is 0.933. The van der Waals surface area contributed by atoms with Crippen molar-refractivity contribution >= 4 is 21.6 Å². The molecule has 0 N–H and O–H groups in total. The first kappa shape index (κ1) is 5.48. The molecule has 2 rings (SSSR count). The third-order valence-electron chi connectivity index (χ3n) is 1.86. The smallest absolute Gasteiger partial charge is 0.0275 e. The van der Waals surface area contributed by atoms with Crippen LogP contribution in [0.15, 0.2) is 0 Å². The van der Waals surface area contributed by atoms with Gasteiger partial charge in [-0.2, -0.15) is 0 Å². The molecule has 0 unspecified atom stereocenters. The van der Waals surface area contributed by atoms with Crippen LogP contribution in [0.5, 0.6) is 0 Å². The van der Waals surface area contributed by atoms with Crippen LogP contribution in [0.1, 0.15) is 26.2 Å². The van der Waals surface area contributed by atoms with Crippen molar-refractivity contribution in [2.24, 2.45) is 0 Å². The number of hydrogen-bond donors (Lipinski definition) is 0. The highest BCUT2D eigenvalue weighted by Crippen LogP contribution is 2.63. The summed E-state index contributed by atoms with van der Waals surface area (Å²) in [6.07, 6.45) is 4.46. The van der Waals surface area contributed by atoms with E-state index >= 15 is 0 Å². The molecule has 1 atom stereocenters. The molecule has 2 aliphatic rings. The van der Waals surface area contributed by atoms with Crippen molar-refractivity contribution in [3.8, 4) is 0 Å². The van der Waals surface area contributed by atoms with Gasteiger partial charge in [-0.25, -0.2) is 0 Å². The zero-order chi connectivity index (χ0) is 5.61. The summed E-state index contributed by atoms with van der Waals surface area (Å²) in [5.41, 5.74) is 0. The molecule has 0 radical (unpaired) electrons. The molecule has 0 nitrogen and oxygen atoms in total. The zero-order valence-electron chi connectivity index (χ0n) is 5.02. The minimum Gasteiger partial charge on any atom is -0.0904 e. The first-order valence-electron chi connectivity index (χ1n) is 3.15. The van der Waals surface area contributed by atoms with Crippen molar-refractivity contribution in [1.82, 2.24) is 0 Å². The predicted molar refractivity (Wildman–Crippen MR) is 41.2 cm³/mol. The van der Waals surface area contributed by atoms with Gasteiger partial charge in [-0.3, -0.25) is 0 Å². The van der Waals surface area contributed by atoms with Crippen molar-refractivity contribution in [3.63, 3.8) is 0 Å². The van der Waals surface area contributed by atoms with E-state index in [1.165, 1.54) is 19.3 Å². The van der Waals surface area contributed by atoms with Crippen LogP contribution in [-0.2, 0) is 0 Å². The fraction of sp³-hybridized carbons (Fsp3) is 1.00. The van der Waals surface area contributed by atoms with Gasteiger partial charge in [-0.05, 0) is 19.3 Å². The van der Waals surface area contributed by atoms with Crippen molar-refractivity contribution in [2.45, 2.75) is 36.2 Å². The quantitative estimate of drug-likeness (QED) is 0.482. The highest BCUT2D eigenvalue weighted by atomic mass is 33.1. The largest absolute Gasteiger partial charge is 0.0904 e. The van der Waals surface area contributed by atoms with Gasteiger partial charge in [0.2, 0.25) is 0 Å². The Morgan fingerprint density at radius 2 is 2.25 bits per heavy atom. The Bertz CT molecular complexity index is 107. The van der Waals surface area contributed by atoms with Crippen LogP contribution in [0, 0.1) is 0 Å². The Hall–Kier alpha value is 0.700. The van der Waals surface area contributed by atoms with Gasteiger partial charge in [0.05, 0.1) is 0 Å². The minimum atomic E-state index is 0.796. The molecule has 1 spiro atoms. The molecular formula is C6H10S2. The van der Waals surface area contributed by atoms with Crippen molar-refractivity contribution in [1.29, 1.82) is 0 Å². The molecule has 8 heavy (non-hydrogen) atoms. The summed E-state index contributed by atoms with van der Waals surface area (Å²) in [6.45, 7) is 2.34. The molecule has 1 aliphatic heterocycles. The summed E-state index contributed by atoms with van der Waals surface area (Å²) in [6, 6.07) is 0. The van der Waals surface area contributed by atoms with E-state index in [0.717, 1.165) is 10.00 Å². The number of rotatable bonds is 0. The van der Waals surface area contributed by atoms with Crippen molar-refractivity contribution < 1.29 is 0 Å². The van der Waals surface area contributed by atoms with Gasteiger partial charge < -0.3 is 0 Å². The average molecular weight is 146 g/mol. The Kier molecular flexibility index (Phi) is 1.10. The van der Waals surface area contributed by atoms with Crippen LogP contribution < -0.4 is 0 Å². The Labute approximate surface area is 58.2 Å². The van der Waals surface area contributed by atoms with E-state index in [0.29, 0.717) is 0 Å². The maximum absolute atomic E-state index is 2.34. The maximum Gasteiger partial charge on any atom is 0.0275 e. The van der Waals surface area contributed by atoms with Crippen LogP contribution in [0.2, 0.25) is 0 Å². The second-order valence-corrected chi connectivity index (χ2v) is 5.98. The molecule has 1 heterocycles. The average Bonchev–Trinajstić information content (AvgIpc) is 2.34. The third kappa shape index (κ3) is 0.781. The summed E-state index contributed by atoms with van der Waals surface area (Å²) in [4.78, 5) is 0. The lowest BCUT2D eigenvalue weighted by molar-refractivity contribution is 0.781. The van der Waals surface area contributed by atoms with E-state index in [9.17, 15) is 0 Å². The fourth-order valence-corrected chi connectivity index (χ4v) is 4.66. The van der Waals surface area contributed by atoms with E-state index in [1.807, 2.05) is 0 Å². The zero-order valence-corrected chi connectivity index (χ0v) is 6.65. The Morgan fingerprint density at radius 3 is 2.50 bits per heavy atom. The molecule has 0 aromatic carbocycles. The van der Waals surface area contributed by atoms with Crippen molar-refractivity contribution in [3.05, 3.63) is 0 Å². The van der Waals surface area contributed by atoms with E-state index in [1.54, 1.807) is 0 Å². The first-order chi connectivity index (χ1) is 3.81. The molecule has 0 bridgehead atoms. The molecule has 46 valence electrons. The molecule has 1 saturated carbocycles. The molecule has 0 aromatic heterocycles. The third-order valence-corrected chi connectivity index (χ3v) is 5.71. The van der Waals surface area contributed by atoms with E-state index < -0.39 is 0 Å². The lowest BCUT2D eigenvalue weighted by atomic mass is 10.2. The lowest BCUT2D eigenvalue weighted by Crippen LogP contribution is -1.98. The highest BCUT2D eigenvalue weighted by Gasteiger charge is 2.48. The summed E-state index contributed by atoms with van der Waals surface area (Å²) in [7, 11) is 4.22. The molecule has 0 amide bonds. The number of hydrogen-bond acceptors (Lipinski definition) is 2. The molecule has 0 aromatic rings. The second kappa shape index (κ2) is 1.60. The SMILES string of the molecule is C[C@H]1CC2(CC2)SS1. The topological polar surface area (TPSA) is 0 Å². The summed E-state index contributed by atoms with van der Waals surface area (Å²) in [5.74, 6) is 0. The van der Waals surface area contributed by atoms with Gasteiger partial charge in [0.15, 0.2) is 0 Å². The highest BCUT2D eigenvalue weighted by molar-refractivity contribution is 8.78. The van der Waals surface area contributed by atoms with Crippen LogP contribution in [-0.4, -0.2) is 10.00 Å². The fourth-order valence-electron chi connectivity index (χ4n) is 1.20. The normalized spacial score (nSPS) is 40.9. The van der Waals surface area contributed by atoms with Crippen LogP contribution >= 0.6 is 21.6 Å². The first-order valence-corrected chi connectivity index (χ1v) is 5.37. The lowest BCUT2D eigenvalue weighted by Gasteiger charge is -1.97. The van der Waals surface area contributed by atoms with E-state index in [4.69, 9.17) is 0 Å². The van der Waals surface area contributed by atoms with E-state index in [-0.39, 0.29) is 0 Å². The van der Waals surface area contributed by atoms with Gasteiger partial charge in [0.1, 0.15) is 0 Å². The molecule has 1 saturated heterocycles. The Balaban J connectivity index is 2.03. The predicted octanol–water partition coefficient (Wildman–Crippen LogP) is 2.69. The van der Waals surface area contributed by atoms with Gasteiger partial charge in [-0.15, -0.1) is 0 Å². The van der Waals surface area contributed by atoms with Gasteiger partial charge in [0, 0.05) is 10.00 Å².